The molecule has 0 bridgehead atoms. The number of nitrogens with two attached hydrogens (primary N) is 1. The van der Waals surface area contributed by atoms with E-state index in [-0.39, 0.29) is 12.5 Å². The molecule has 1 aromatic heterocycles. The highest BCUT2D eigenvalue weighted by Gasteiger charge is 2.34. The van der Waals surface area contributed by atoms with Gasteiger partial charge < -0.3 is 10.5 Å². The van der Waals surface area contributed by atoms with Crippen molar-refractivity contribution in [1.29, 1.82) is 0 Å². The fraction of sp³-hybridized carbons (Fsp3) is 0.368. The highest BCUT2D eigenvalue weighted by atomic mass is 32.1. The van der Waals surface area contributed by atoms with Gasteiger partial charge in [0, 0.05) is 4.88 Å². The maximum absolute atomic E-state index is 13.2. The number of para-hydroxylation sites is 2. The van der Waals surface area contributed by atoms with E-state index >= 15 is 0 Å². The quantitative estimate of drug-likeness (QED) is 0.899. The molecule has 2 amide bonds. The molecule has 5 nitrogen and oxygen atoms in total. The highest BCUT2D eigenvalue weighted by molar-refractivity contribution is 7.14. The van der Waals surface area contributed by atoms with E-state index in [4.69, 9.17) is 10.5 Å². The Balaban J connectivity index is 1.68. The van der Waals surface area contributed by atoms with Gasteiger partial charge in [0.25, 0.3) is 11.8 Å². The van der Waals surface area contributed by atoms with Crippen LogP contribution in [0.1, 0.15) is 33.5 Å². The smallest absolute Gasteiger partial charge is 0.268 e. The van der Waals surface area contributed by atoms with Crippen LogP contribution in [-0.4, -0.2) is 24.5 Å². The average molecular weight is 356 g/mol. The number of thiophene rings is 1. The number of hydrogen-bond acceptors (Lipinski definition) is 4. The molecule has 0 spiro atoms. The van der Waals surface area contributed by atoms with Crippen molar-refractivity contribution < 1.29 is 14.3 Å². The summed E-state index contributed by atoms with van der Waals surface area (Å²) in [6, 6.07) is 9.28. The maximum Gasteiger partial charge on any atom is 0.268 e. The molecule has 1 aliphatic carbocycles. The van der Waals surface area contributed by atoms with Gasteiger partial charge in [-0.05, 0) is 48.9 Å². The van der Waals surface area contributed by atoms with Crippen LogP contribution in [0.3, 0.4) is 0 Å². The van der Waals surface area contributed by atoms with Crippen molar-refractivity contribution in [2.45, 2.75) is 32.3 Å². The Morgan fingerprint density at radius 1 is 1.32 bits per heavy atom. The first-order chi connectivity index (χ1) is 12.0. The Hall–Kier alpha value is -2.34. The molecule has 0 saturated heterocycles. The molecule has 1 aromatic carbocycles. The van der Waals surface area contributed by atoms with Crippen molar-refractivity contribution in [1.82, 2.24) is 0 Å². The SMILES string of the molecule is CC1CCc2sc(C(=O)N3CC(C(N)=O)Oc4ccccc43)cc2C1. The number of benzene rings is 1. The molecule has 130 valence electrons. The fourth-order valence-electron chi connectivity index (χ4n) is 3.52. The number of ether oxygens (including phenoxy) is 1. The summed E-state index contributed by atoms with van der Waals surface area (Å²) in [4.78, 5) is 28.4. The molecule has 4 rings (SSSR count). The van der Waals surface area contributed by atoms with Gasteiger partial charge in [-0.15, -0.1) is 11.3 Å². The summed E-state index contributed by atoms with van der Waals surface area (Å²) < 4.78 is 5.64. The zero-order chi connectivity index (χ0) is 17.6. The van der Waals surface area contributed by atoms with Crippen LogP contribution in [0, 0.1) is 5.92 Å². The van der Waals surface area contributed by atoms with Crippen molar-refractivity contribution >= 4 is 28.8 Å². The normalized spacial score (nSPS) is 21.9. The van der Waals surface area contributed by atoms with Gasteiger partial charge in [0.1, 0.15) is 5.75 Å². The lowest BCUT2D eigenvalue weighted by atomic mass is 9.90. The maximum atomic E-state index is 13.2. The Kier molecular flexibility index (Phi) is 4.00. The number of primary amides is 1. The molecule has 0 saturated carbocycles. The predicted octanol–water partition coefficient (Wildman–Crippen LogP) is 2.77. The van der Waals surface area contributed by atoms with Crippen LogP contribution in [-0.2, 0) is 17.6 Å². The number of hydrogen-bond donors (Lipinski definition) is 1. The molecule has 1 aliphatic heterocycles. The first kappa shape index (κ1) is 16.1. The zero-order valence-corrected chi connectivity index (χ0v) is 14.8. The number of anilines is 1. The number of amides is 2. The monoisotopic (exact) mass is 356 g/mol. The molecule has 6 heteroatoms. The van der Waals surface area contributed by atoms with Crippen LogP contribution >= 0.6 is 11.3 Å². The van der Waals surface area contributed by atoms with Gasteiger partial charge in [0.2, 0.25) is 0 Å². The second-order valence-electron chi connectivity index (χ2n) is 6.80. The molecular formula is C19H20N2O3S. The average Bonchev–Trinajstić information content (AvgIpc) is 3.03. The van der Waals surface area contributed by atoms with E-state index in [2.05, 4.69) is 6.92 Å². The van der Waals surface area contributed by atoms with E-state index in [1.165, 1.54) is 16.9 Å². The third kappa shape index (κ3) is 2.91. The first-order valence-electron chi connectivity index (χ1n) is 8.51. The summed E-state index contributed by atoms with van der Waals surface area (Å²) in [5.41, 5.74) is 7.40. The lowest BCUT2D eigenvalue weighted by Gasteiger charge is -2.33. The van der Waals surface area contributed by atoms with E-state index < -0.39 is 12.0 Å². The highest BCUT2D eigenvalue weighted by Crippen LogP contribution is 2.37. The third-order valence-electron chi connectivity index (χ3n) is 4.88. The fourth-order valence-corrected chi connectivity index (χ4v) is 4.68. The zero-order valence-electron chi connectivity index (χ0n) is 14.0. The lowest BCUT2D eigenvalue weighted by Crippen LogP contribution is -2.49. The first-order valence-corrected chi connectivity index (χ1v) is 9.33. The molecule has 2 N–H and O–H groups in total. The Morgan fingerprint density at radius 2 is 2.12 bits per heavy atom. The molecule has 2 aliphatic rings. The van der Waals surface area contributed by atoms with Crippen molar-refractivity contribution in [2.24, 2.45) is 11.7 Å². The molecular weight excluding hydrogens is 336 g/mol. The largest absolute Gasteiger partial charge is 0.477 e. The topological polar surface area (TPSA) is 72.6 Å². The minimum atomic E-state index is -0.826. The van der Waals surface area contributed by atoms with Gasteiger partial charge in [0.15, 0.2) is 6.10 Å². The molecule has 0 radical (unpaired) electrons. The molecule has 0 fully saturated rings. The van der Waals surface area contributed by atoms with E-state index in [0.29, 0.717) is 17.4 Å². The van der Waals surface area contributed by atoms with Crippen molar-refractivity contribution in [3.63, 3.8) is 0 Å². The third-order valence-corrected chi connectivity index (χ3v) is 6.10. The summed E-state index contributed by atoms with van der Waals surface area (Å²) in [6.45, 7) is 2.39. The summed E-state index contributed by atoms with van der Waals surface area (Å²) >= 11 is 1.58. The summed E-state index contributed by atoms with van der Waals surface area (Å²) in [5, 5.41) is 0. The van der Waals surface area contributed by atoms with Crippen molar-refractivity contribution in [2.75, 3.05) is 11.4 Å². The standard InChI is InChI=1S/C19H20N2O3S/c1-11-6-7-16-12(8-11)9-17(25-16)19(23)21-10-15(18(20)22)24-14-5-3-2-4-13(14)21/h2-5,9,11,15H,6-8,10H2,1H3,(H2,20,22). The predicted molar refractivity (Wildman–Crippen MR) is 97.2 cm³/mol. The van der Waals surface area contributed by atoms with Crippen LogP contribution in [0.2, 0.25) is 0 Å². The van der Waals surface area contributed by atoms with Crippen LogP contribution in [0.25, 0.3) is 0 Å². The van der Waals surface area contributed by atoms with E-state index in [0.717, 1.165) is 17.7 Å². The van der Waals surface area contributed by atoms with Crippen LogP contribution < -0.4 is 15.4 Å². The number of carbonyl (C=O) groups excluding carboxylic acids is 2. The van der Waals surface area contributed by atoms with Gasteiger partial charge in [-0.25, -0.2) is 0 Å². The number of nitrogens with zero attached hydrogens (tertiary/aromatic N) is 1. The number of carbonyl (C=O) groups is 2. The Bertz CT molecular complexity index is 845. The van der Waals surface area contributed by atoms with Crippen LogP contribution in [0.4, 0.5) is 5.69 Å². The minimum Gasteiger partial charge on any atom is -0.477 e. The molecule has 25 heavy (non-hydrogen) atoms. The van der Waals surface area contributed by atoms with Gasteiger partial charge in [-0.1, -0.05) is 19.1 Å². The number of aryl methyl sites for hydroxylation is 1. The van der Waals surface area contributed by atoms with Crippen LogP contribution in [0.15, 0.2) is 30.3 Å². The summed E-state index contributed by atoms with van der Waals surface area (Å²) in [5.74, 6) is 0.523. The van der Waals surface area contributed by atoms with Gasteiger partial charge in [0.05, 0.1) is 17.1 Å². The van der Waals surface area contributed by atoms with Crippen molar-refractivity contribution in [3.05, 3.63) is 45.6 Å². The molecule has 2 aromatic rings. The van der Waals surface area contributed by atoms with Crippen molar-refractivity contribution in [3.8, 4) is 5.75 Å². The Labute approximate surface area is 150 Å². The summed E-state index contributed by atoms with van der Waals surface area (Å²) in [7, 11) is 0. The van der Waals surface area contributed by atoms with Gasteiger partial charge in [-0.2, -0.15) is 0 Å². The number of fused-ring (bicyclic) bond motifs is 2. The molecule has 2 atom stereocenters. The minimum absolute atomic E-state index is 0.0888. The molecule has 2 heterocycles. The molecule has 2 unspecified atom stereocenters. The van der Waals surface area contributed by atoms with E-state index in [9.17, 15) is 9.59 Å². The summed E-state index contributed by atoms with van der Waals surface area (Å²) in [6.07, 6.45) is 2.42. The van der Waals surface area contributed by atoms with E-state index in [1.54, 1.807) is 22.3 Å². The second kappa shape index (κ2) is 6.19. The van der Waals surface area contributed by atoms with E-state index in [1.807, 2.05) is 24.3 Å². The number of rotatable bonds is 2. The van der Waals surface area contributed by atoms with Gasteiger partial charge in [-0.3, -0.25) is 14.5 Å². The van der Waals surface area contributed by atoms with Crippen LogP contribution in [0.5, 0.6) is 5.75 Å². The van der Waals surface area contributed by atoms with Gasteiger partial charge >= 0.3 is 0 Å². The Morgan fingerprint density at radius 3 is 2.92 bits per heavy atom. The second-order valence-corrected chi connectivity index (χ2v) is 7.94. The lowest BCUT2D eigenvalue weighted by molar-refractivity contribution is -0.124.